The second-order valence-electron chi connectivity index (χ2n) is 2.53. The molecule has 3 heterocycles. The van der Waals surface area contributed by atoms with Crippen LogP contribution in [-0.4, -0.2) is 27.0 Å². The zero-order valence-corrected chi connectivity index (χ0v) is 8.80. The Morgan fingerprint density at radius 1 is 1.36 bits per heavy atom. The van der Waals surface area contributed by atoms with Crippen molar-refractivity contribution >= 4 is 11.8 Å². The highest BCUT2D eigenvalue weighted by Crippen LogP contribution is 2.25. The van der Waals surface area contributed by atoms with Crippen LogP contribution in [0.25, 0.3) is 0 Å². The molecule has 2 N–H and O–H groups in total. The second-order valence-corrected chi connectivity index (χ2v) is 4.76. The van der Waals surface area contributed by atoms with Gasteiger partial charge in [0.2, 0.25) is 0 Å². The lowest BCUT2D eigenvalue weighted by molar-refractivity contribution is -1.63. The number of fused-ring (bicyclic) bond motifs is 2. The molecule has 3 fully saturated rings. The molecule has 0 saturated carbocycles. The molecule has 3 rings (SSSR count). The normalized spacial score (nSPS) is 33.8. The van der Waals surface area contributed by atoms with Gasteiger partial charge in [-0.05, 0) is 9.86 Å². The third-order valence-corrected chi connectivity index (χ3v) is 2.95. The van der Waals surface area contributed by atoms with E-state index in [1.807, 2.05) is 0 Å². The van der Waals surface area contributed by atoms with Gasteiger partial charge < -0.3 is 12.2 Å². The third-order valence-electron chi connectivity index (χ3n) is 1.68. The van der Waals surface area contributed by atoms with E-state index in [2.05, 4.69) is 17.1 Å². The standard InChI is InChI=1S/C5H9NS.HIO3/c1-4-2-7-3-5(1)6-4;2-1(3)4/h4-6H,1-3H2;2H/t4-,5+;. The van der Waals surface area contributed by atoms with Crippen LogP contribution in [0.1, 0.15) is 6.42 Å². The molecule has 2 atom stereocenters. The van der Waals surface area contributed by atoms with Crippen molar-refractivity contribution in [1.82, 2.24) is 5.32 Å². The molecule has 3 saturated heterocycles. The van der Waals surface area contributed by atoms with Crippen LogP contribution in [0.2, 0.25) is 0 Å². The number of hydrogen-bond acceptors (Lipinski definition) is 5. The minimum absolute atomic E-state index is 0.892. The van der Waals surface area contributed by atoms with E-state index in [4.69, 9.17) is 10.3 Å². The minimum Gasteiger partial charge on any atom is -0.396 e. The number of nitrogens with one attached hydrogen (secondary N) is 1. The molecule has 2 bridgehead atoms. The summed E-state index contributed by atoms with van der Waals surface area (Å²) in [4.78, 5) is 0. The average molecular weight is 291 g/mol. The van der Waals surface area contributed by atoms with Crippen molar-refractivity contribution in [2.45, 2.75) is 18.5 Å². The maximum absolute atomic E-state index is 8.68. The van der Waals surface area contributed by atoms with Gasteiger partial charge in [0.05, 0.1) is 0 Å². The van der Waals surface area contributed by atoms with Gasteiger partial charge in [-0.15, -0.1) is 0 Å². The van der Waals surface area contributed by atoms with Crippen LogP contribution < -0.4 is 33.3 Å². The van der Waals surface area contributed by atoms with Gasteiger partial charge in [-0.3, -0.25) is 0 Å². The van der Waals surface area contributed by atoms with Gasteiger partial charge in [0.15, 0.2) is 0 Å². The Kier molecular flexibility index (Phi) is 4.39. The summed E-state index contributed by atoms with van der Waals surface area (Å²) in [6.07, 6.45) is 1.45. The van der Waals surface area contributed by atoms with Gasteiger partial charge in [-0.2, -0.15) is 11.8 Å². The van der Waals surface area contributed by atoms with Crippen LogP contribution in [0.3, 0.4) is 0 Å². The topological polar surface area (TPSA) is 78.4 Å². The summed E-state index contributed by atoms with van der Waals surface area (Å²) in [5.41, 5.74) is 0. The molecular weight excluding hydrogens is 281 g/mol. The number of halogens is 1. The van der Waals surface area contributed by atoms with Crippen LogP contribution in [0.15, 0.2) is 0 Å². The zero-order chi connectivity index (χ0) is 8.27. The van der Waals surface area contributed by atoms with Gasteiger partial charge in [0.25, 0.3) is 0 Å². The SMILES string of the molecule is C1SC[C@H]2C[C@@H]1N2.[O-][I+2]([O-])O. The summed E-state index contributed by atoms with van der Waals surface area (Å²) < 4.78 is 24.5. The Labute approximate surface area is 78.4 Å². The van der Waals surface area contributed by atoms with Gasteiger partial charge in [-0.25, -0.2) is 0 Å². The molecule has 6 heteroatoms. The van der Waals surface area contributed by atoms with E-state index in [1.54, 1.807) is 0 Å². The largest absolute Gasteiger partial charge is 0.503 e. The lowest BCUT2D eigenvalue weighted by Gasteiger charge is -2.41. The van der Waals surface area contributed by atoms with Gasteiger partial charge >= 0.3 is 21.1 Å². The molecule has 0 aliphatic carbocycles. The van der Waals surface area contributed by atoms with Crippen LogP contribution in [-0.2, 0) is 0 Å². The Bertz CT molecular complexity index is 104. The van der Waals surface area contributed by atoms with Crippen molar-refractivity contribution in [3.63, 3.8) is 0 Å². The summed E-state index contributed by atoms with van der Waals surface area (Å²) in [5.74, 6) is 2.72. The first-order chi connectivity index (χ1) is 5.18. The van der Waals surface area contributed by atoms with Crippen LogP contribution in [0.4, 0.5) is 0 Å². The molecule has 0 spiro atoms. The summed E-state index contributed by atoms with van der Waals surface area (Å²) in [6, 6.07) is 1.78. The molecule has 0 radical (unpaired) electrons. The summed E-state index contributed by atoms with van der Waals surface area (Å²) in [5, 5.41) is 3.46. The van der Waals surface area contributed by atoms with E-state index in [-0.39, 0.29) is 0 Å². The maximum atomic E-state index is 8.68. The van der Waals surface area contributed by atoms with Crippen molar-refractivity contribution in [3.8, 4) is 0 Å². The average Bonchev–Trinajstić information content (AvgIpc) is 1.86. The van der Waals surface area contributed by atoms with E-state index in [0.29, 0.717) is 0 Å². The van der Waals surface area contributed by atoms with Crippen LogP contribution >= 0.6 is 11.8 Å². The first-order valence-electron chi connectivity index (χ1n) is 3.27. The maximum Gasteiger partial charge on any atom is 0.503 e. The first-order valence-corrected chi connectivity index (χ1v) is 7.15. The first kappa shape index (κ1) is 10.0. The number of hydrogen-bond donors (Lipinski definition) is 2. The molecule has 3 aliphatic heterocycles. The van der Waals surface area contributed by atoms with Crippen LogP contribution in [0.5, 0.6) is 0 Å². The van der Waals surface area contributed by atoms with Gasteiger partial charge in [-0.1, -0.05) is 0 Å². The highest BCUT2D eigenvalue weighted by Gasteiger charge is 2.31. The van der Waals surface area contributed by atoms with E-state index >= 15 is 0 Å². The highest BCUT2D eigenvalue weighted by atomic mass is 127. The fourth-order valence-electron chi connectivity index (χ4n) is 1.24. The zero-order valence-electron chi connectivity index (χ0n) is 5.83. The molecular formula is C5H10INO3S. The summed E-state index contributed by atoms with van der Waals surface area (Å²) in [7, 11) is 0. The number of thioether (sulfide) groups is 1. The van der Waals surface area contributed by atoms with E-state index in [0.717, 1.165) is 12.1 Å². The molecule has 0 aromatic rings. The van der Waals surface area contributed by atoms with Crippen LogP contribution in [0, 0.1) is 0 Å². The summed E-state index contributed by atoms with van der Waals surface area (Å²) in [6.45, 7) is 0. The number of rotatable bonds is 0. The van der Waals surface area contributed by atoms with E-state index in [9.17, 15) is 0 Å². The molecule has 66 valence electrons. The summed E-state index contributed by atoms with van der Waals surface area (Å²) >= 11 is -1.67. The van der Waals surface area contributed by atoms with Gasteiger partial charge in [0, 0.05) is 23.6 Å². The van der Waals surface area contributed by atoms with E-state index < -0.39 is 21.1 Å². The fourth-order valence-corrected chi connectivity index (χ4v) is 2.41. The quantitative estimate of drug-likeness (QED) is 0.436. The third kappa shape index (κ3) is 3.90. The fraction of sp³-hybridized carbons (Fsp3) is 1.00. The molecule has 0 aromatic heterocycles. The minimum atomic E-state index is -3.76. The second kappa shape index (κ2) is 4.83. The Morgan fingerprint density at radius 2 is 1.73 bits per heavy atom. The van der Waals surface area contributed by atoms with E-state index in [1.165, 1.54) is 17.9 Å². The molecule has 4 nitrogen and oxygen atoms in total. The molecule has 0 unspecified atom stereocenters. The smallest absolute Gasteiger partial charge is 0.396 e. The van der Waals surface area contributed by atoms with Gasteiger partial charge in [0.1, 0.15) is 0 Å². The monoisotopic (exact) mass is 291 g/mol. The molecule has 0 aromatic carbocycles. The van der Waals surface area contributed by atoms with Crippen molar-refractivity contribution < 1.29 is 31.4 Å². The molecule has 0 amide bonds. The van der Waals surface area contributed by atoms with Crippen molar-refractivity contribution in [2.75, 3.05) is 11.5 Å². The Hall–Kier alpha value is 0.920. The molecule has 3 aliphatic rings. The highest BCUT2D eigenvalue weighted by molar-refractivity contribution is 7.99. The Morgan fingerprint density at radius 3 is 1.82 bits per heavy atom. The van der Waals surface area contributed by atoms with Crippen molar-refractivity contribution in [1.29, 1.82) is 0 Å². The predicted molar refractivity (Wildman–Crippen MR) is 34.9 cm³/mol. The Balaban J connectivity index is 0.000000134. The van der Waals surface area contributed by atoms with Crippen molar-refractivity contribution in [3.05, 3.63) is 0 Å². The lowest BCUT2D eigenvalue weighted by Crippen LogP contribution is -3.98. The lowest BCUT2D eigenvalue weighted by atomic mass is 10.00. The predicted octanol–water partition coefficient (Wildman–Crippen LogP) is -5.47. The molecule has 11 heavy (non-hydrogen) atoms. The van der Waals surface area contributed by atoms with Crippen molar-refractivity contribution in [2.24, 2.45) is 0 Å².